The van der Waals surface area contributed by atoms with E-state index in [1.165, 1.54) is 11.3 Å². The third-order valence-electron chi connectivity index (χ3n) is 5.15. The van der Waals surface area contributed by atoms with Crippen LogP contribution in [0.5, 0.6) is 0 Å². The van der Waals surface area contributed by atoms with E-state index in [1.54, 1.807) is 0 Å². The summed E-state index contributed by atoms with van der Waals surface area (Å²) < 4.78 is 2.12. The smallest absolute Gasteiger partial charge is 0.227 e. The van der Waals surface area contributed by atoms with Gasteiger partial charge in [0.2, 0.25) is 5.91 Å². The van der Waals surface area contributed by atoms with Crippen molar-refractivity contribution in [2.75, 3.05) is 31.6 Å². The summed E-state index contributed by atoms with van der Waals surface area (Å²) in [6.45, 7) is 5.11. The number of rotatable bonds is 7. The van der Waals surface area contributed by atoms with Crippen LogP contribution in [0.2, 0.25) is 0 Å². The third kappa shape index (κ3) is 4.74. The first kappa shape index (κ1) is 20.0. The van der Waals surface area contributed by atoms with Gasteiger partial charge in [0.1, 0.15) is 0 Å². The summed E-state index contributed by atoms with van der Waals surface area (Å²) in [5, 5.41) is 3.34. The first-order chi connectivity index (χ1) is 13.6. The van der Waals surface area contributed by atoms with Crippen LogP contribution < -0.4 is 10.2 Å². The van der Waals surface area contributed by atoms with Crippen molar-refractivity contribution in [2.24, 2.45) is 12.0 Å². The molecule has 1 aromatic heterocycles. The molecule has 0 spiro atoms. The van der Waals surface area contributed by atoms with Gasteiger partial charge in [-0.25, -0.2) is 0 Å². The van der Waals surface area contributed by atoms with Crippen LogP contribution in [-0.4, -0.2) is 48.0 Å². The largest absolute Gasteiger partial charge is 0.357 e. The number of para-hydroxylation sites is 1. The molecule has 0 saturated carbocycles. The molecule has 0 saturated heterocycles. The van der Waals surface area contributed by atoms with E-state index in [-0.39, 0.29) is 5.91 Å². The Morgan fingerprint density at radius 3 is 2.82 bits per heavy atom. The summed E-state index contributed by atoms with van der Waals surface area (Å²) in [5.74, 6) is 1.07. The molecule has 1 aromatic carbocycles. The van der Waals surface area contributed by atoms with E-state index >= 15 is 0 Å². The number of amides is 1. The van der Waals surface area contributed by atoms with E-state index in [0.717, 1.165) is 44.1 Å². The molecule has 2 heterocycles. The Morgan fingerprint density at radius 2 is 2.07 bits per heavy atom. The minimum Gasteiger partial charge on any atom is -0.357 e. The average Bonchev–Trinajstić information content (AvgIpc) is 3.30. The van der Waals surface area contributed by atoms with Crippen LogP contribution in [0.4, 0.5) is 5.69 Å². The second-order valence-corrected chi connectivity index (χ2v) is 7.23. The van der Waals surface area contributed by atoms with Gasteiger partial charge in [-0.05, 0) is 43.5 Å². The number of guanidine groups is 1. The normalized spacial score (nSPS) is 13.5. The van der Waals surface area contributed by atoms with Gasteiger partial charge < -0.3 is 19.7 Å². The van der Waals surface area contributed by atoms with Crippen LogP contribution in [0.3, 0.4) is 0 Å². The van der Waals surface area contributed by atoms with Gasteiger partial charge in [-0.2, -0.15) is 0 Å². The van der Waals surface area contributed by atoms with Crippen LogP contribution in [0, 0.1) is 0 Å². The van der Waals surface area contributed by atoms with Crippen molar-refractivity contribution in [2.45, 2.75) is 32.7 Å². The quantitative estimate of drug-likeness (QED) is 0.456. The molecule has 1 amide bonds. The molecule has 0 radical (unpaired) electrons. The van der Waals surface area contributed by atoms with Gasteiger partial charge in [0, 0.05) is 57.7 Å². The highest BCUT2D eigenvalue weighted by atomic mass is 16.2. The lowest BCUT2D eigenvalue weighted by Crippen LogP contribution is -2.39. The number of nitrogens with zero attached hydrogens (tertiary/aromatic N) is 4. The zero-order chi connectivity index (χ0) is 19.9. The average molecular weight is 382 g/mol. The van der Waals surface area contributed by atoms with E-state index in [0.29, 0.717) is 13.0 Å². The summed E-state index contributed by atoms with van der Waals surface area (Å²) in [4.78, 5) is 21.4. The van der Waals surface area contributed by atoms with E-state index < -0.39 is 0 Å². The van der Waals surface area contributed by atoms with Crippen molar-refractivity contribution in [1.29, 1.82) is 0 Å². The van der Waals surface area contributed by atoms with Gasteiger partial charge >= 0.3 is 0 Å². The Hall–Kier alpha value is -2.76. The monoisotopic (exact) mass is 381 g/mol. The lowest BCUT2D eigenvalue weighted by Gasteiger charge is -2.22. The van der Waals surface area contributed by atoms with Crippen molar-refractivity contribution in [3.63, 3.8) is 0 Å². The van der Waals surface area contributed by atoms with E-state index in [9.17, 15) is 4.79 Å². The van der Waals surface area contributed by atoms with Crippen LogP contribution in [0.15, 0.2) is 47.6 Å². The first-order valence-electron chi connectivity index (χ1n) is 10.1. The lowest BCUT2D eigenvalue weighted by molar-refractivity contribution is -0.118. The van der Waals surface area contributed by atoms with E-state index in [1.807, 2.05) is 30.1 Å². The SMILES string of the molecule is CCNC(=NCCCC(=O)N1CCc2ccccc21)N(C)Cc1cccn1C. The predicted octanol–water partition coefficient (Wildman–Crippen LogP) is 2.79. The molecule has 1 aliphatic rings. The molecular formula is C22H31N5O. The predicted molar refractivity (Wildman–Crippen MR) is 115 cm³/mol. The first-order valence-corrected chi connectivity index (χ1v) is 10.1. The van der Waals surface area contributed by atoms with Crippen LogP contribution >= 0.6 is 0 Å². The fourth-order valence-electron chi connectivity index (χ4n) is 3.60. The molecule has 1 aliphatic heterocycles. The highest BCUT2D eigenvalue weighted by Gasteiger charge is 2.23. The molecule has 28 heavy (non-hydrogen) atoms. The molecular weight excluding hydrogens is 350 g/mol. The second kappa shape index (κ2) is 9.44. The standard InChI is InChI=1S/C22H31N5O/c1-4-23-22(26(3)17-19-10-8-15-25(19)2)24-14-7-12-21(28)27-16-13-18-9-5-6-11-20(18)27/h5-6,8-11,15H,4,7,12-14,16-17H2,1-3H3,(H,23,24). The Bertz CT molecular complexity index is 826. The van der Waals surface area contributed by atoms with Crippen molar-refractivity contribution < 1.29 is 4.79 Å². The Morgan fingerprint density at radius 1 is 1.25 bits per heavy atom. The Balaban J connectivity index is 1.51. The third-order valence-corrected chi connectivity index (χ3v) is 5.15. The minimum absolute atomic E-state index is 0.197. The summed E-state index contributed by atoms with van der Waals surface area (Å²) in [6, 6.07) is 12.4. The lowest BCUT2D eigenvalue weighted by atomic mass is 10.2. The summed E-state index contributed by atoms with van der Waals surface area (Å²) in [6.07, 6.45) is 4.28. The number of aromatic nitrogens is 1. The van der Waals surface area contributed by atoms with Gasteiger partial charge in [-0.15, -0.1) is 0 Å². The van der Waals surface area contributed by atoms with Crippen molar-refractivity contribution >= 4 is 17.6 Å². The maximum atomic E-state index is 12.6. The maximum absolute atomic E-state index is 12.6. The molecule has 0 fully saturated rings. The van der Waals surface area contributed by atoms with Gasteiger partial charge in [0.15, 0.2) is 5.96 Å². The number of carbonyl (C=O) groups is 1. The molecule has 3 rings (SSSR count). The van der Waals surface area contributed by atoms with E-state index in [2.05, 4.69) is 53.2 Å². The summed E-state index contributed by atoms with van der Waals surface area (Å²) in [5.41, 5.74) is 3.58. The minimum atomic E-state index is 0.197. The maximum Gasteiger partial charge on any atom is 0.227 e. The number of hydrogen-bond acceptors (Lipinski definition) is 2. The zero-order valence-corrected chi connectivity index (χ0v) is 17.2. The Kier molecular flexibility index (Phi) is 6.74. The number of nitrogens with one attached hydrogen (secondary N) is 1. The molecule has 6 nitrogen and oxygen atoms in total. The summed E-state index contributed by atoms with van der Waals surface area (Å²) in [7, 11) is 4.09. The summed E-state index contributed by atoms with van der Waals surface area (Å²) >= 11 is 0. The van der Waals surface area contributed by atoms with Gasteiger partial charge in [-0.3, -0.25) is 9.79 Å². The molecule has 1 N–H and O–H groups in total. The van der Waals surface area contributed by atoms with Crippen molar-refractivity contribution in [3.05, 3.63) is 53.9 Å². The highest BCUT2D eigenvalue weighted by Crippen LogP contribution is 2.28. The zero-order valence-electron chi connectivity index (χ0n) is 17.2. The Labute approximate surface area is 167 Å². The number of aliphatic imine (C=N–C) groups is 1. The van der Waals surface area contributed by atoms with Gasteiger partial charge in [-0.1, -0.05) is 18.2 Å². The van der Waals surface area contributed by atoms with Crippen LogP contribution in [0.25, 0.3) is 0 Å². The van der Waals surface area contributed by atoms with Crippen LogP contribution in [0.1, 0.15) is 31.0 Å². The number of benzene rings is 1. The number of anilines is 1. The highest BCUT2D eigenvalue weighted by molar-refractivity contribution is 5.95. The fraction of sp³-hybridized carbons (Fsp3) is 0.455. The van der Waals surface area contributed by atoms with Crippen molar-refractivity contribution in [3.8, 4) is 0 Å². The van der Waals surface area contributed by atoms with Crippen LogP contribution in [-0.2, 0) is 24.8 Å². The molecule has 6 heteroatoms. The molecule has 0 aliphatic carbocycles. The van der Waals surface area contributed by atoms with Gasteiger partial charge in [0.05, 0.1) is 6.54 Å². The number of aryl methyl sites for hydroxylation is 1. The second-order valence-electron chi connectivity index (χ2n) is 7.23. The van der Waals surface area contributed by atoms with Gasteiger partial charge in [0.25, 0.3) is 0 Å². The van der Waals surface area contributed by atoms with E-state index in [4.69, 9.17) is 4.99 Å². The number of carbonyl (C=O) groups excluding carboxylic acids is 1. The molecule has 2 aromatic rings. The molecule has 0 atom stereocenters. The number of fused-ring (bicyclic) bond motifs is 1. The van der Waals surface area contributed by atoms with Crippen molar-refractivity contribution in [1.82, 2.24) is 14.8 Å². The molecule has 0 unspecified atom stereocenters. The topological polar surface area (TPSA) is 52.9 Å². The fourth-order valence-corrected chi connectivity index (χ4v) is 3.60. The molecule has 150 valence electrons. The number of hydrogen-bond donors (Lipinski definition) is 1. The molecule has 0 bridgehead atoms.